The van der Waals surface area contributed by atoms with E-state index < -0.39 is 0 Å². The first kappa shape index (κ1) is 16.4. The summed E-state index contributed by atoms with van der Waals surface area (Å²) in [7, 11) is 0. The average Bonchev–Trinajstić information content (AvgIpc) is 3.24. The largest absolute Gasteiger partial charge is 0.337 e. The number of aromatic nitrogens is 2. The molecule has 2 heterocycles. The van der Waals surface area contributed by atoms with Crippen LogP contribution in [0.4, 0.5) is 4.39 Å². The third kappa shape index (κ3) is 3.22. The molecule has 1 saturated heterocycles. The predicted octanol–water partition coefficient (Wildman–Crippen LogP) is 4.05. The van der Waals surface area contributed by atoms with E-state index in [2.05, 4.69) is 16.2 Å². The molecule has 1 aliphatic rings. The molecule has 1 aliphatic heterocycles. The fraction of sp³-hybridized carbons (Fsp3) is 0.250. The summed E-state index contributed by atoms with van der Waals surface area (Å²) in [6.45, 7) is 2.54. The Hall–Kier alpha value is -3.02. The van der Waals surface area contributed by atoms with E-state index in [0.29, 0.717) is 36.7 Å². The van der Waals surface area contributed by atoms with Crippen molar-refractivity contribution in [1.82, 2.24) is 15.0 Å². The highest BCUT2D eigenvalue weighted by atomic mass is 19.1. The Morgan fingerprint density at radius 3 is 2.81 bits per heavy atom. The maximum absolute atomic E-state index is 13.1. The number of nitrogens with zero attached hydrogens (tertiary/aromatic N) is 3. The van der Waals surface area contributed by atoms with Crippen LogP contribution in [0.1, 0.15) is 35.9 Å². The van der Waals surface area contributed by atoms with Crippen LogP contribution in [0.2, 0.25) is 0 Å². The summed E-state index contributed by atoms with van der Waals surface area (Å²) in [5.74, 6) is 0.582. The Balaban J connectivity index is 1.58. The van der Waals surface area contributed by atoms with Crippen molar-refractivity contribution < 1.29 is 13.7 Å². The second-order valence-corrected chi connectivity index (χ2v) is 6.53. The quantitative estimate of drug-likeness (QED) is 0.711. The van der Waals surface area contributed by atoms with Gasteiger partial charge in [0, 0.05) is 18.5 Å². The van der Waals surface area contributed by atoms with Gasteiger partial charge in [-0.15, -0.1) is 0 Å². The van der Waals surface area contributed by atoms with Crippen molar-refractivity contribution in [3.63, 3.8) is 0 Å². The first-order chi connectivity index (χ1) is 12.6. The van der Waals surface area contributed by atoms with Crippen LogP contribution in [0.15, 0.2) is 53.1 Å². The Labute approximate surface area is 150 Å². The molecule has 0 bridgehead atoms. The van der Waals surface area contributed by atoms with Crippen LogP contribution in [0.5, 0.6) is 0 Å². The van der Waals surface area contributed by atoms with E-state index in [0.717, 1.165) is 11.1 Å². The molecule has 1 unspecified atom stereocenters. The van der Waals surface area contributed by atoms with Crippen molar-refractivity contribution in [2.75, 3.05) is 0 Å². The van der Waals surface area contributed by atoms with Crippen molar-refractivity contribution in [1.29, 1.82) is 0 Å². The number of halogens is 1. The molecule has 1 aromatic heterocycles. The summed E-state index contributed by atoms with van der Waals surface area (Å²) < 4.78 is 18.5. The molecule has 0 saturated carbocycles. The SMILES string of the molecule is Cc1cccc(CN2C(=O)CCC2c2nc(-c3ccc(F)cc3)no2)c1. The van der Waals surface area contributed by atoms with E-state index in [9.17, 15) is 9.18 Å². The summed E-state index contributed by atoms with van der Waals surface area (Å²) >= 11 is 0. The van der Waals surface area contributed by atoms with Crippen LogP contribution in [0, 0.1) is 12.7 Å². The Kier molecular flexibility index (Phi) is 4.24. The Morgan fingerprint density at radius 1 is 1.23 bits per heavy atom. The second-order valence-electron chi connectivity index (χ2n) is 6.53. The zero-order chi connectivity index (χ0) is 18.1. The van der Waals surface area contributed by atoms with Crippen LogP contribution >= 0.6 is 0 Å². The van der Waals surface area contributed by atoms with E-state index >= 15 is 0 Å². The molecule has 0 aliphatic carbocycles. The van der Waals surface area contributed by atoms with Crippen molar-refractivity contribution in [2.24, 2.45) is 0 Å². The van der Waals surface area contributed by atoms with Gasteiger partial charge >= 0.3 is 0 Å². The fourth-order valence-electron chi connectivity index (χ4n) is 3.28. The molecular weight excluding hydrogens is 333 g/mol. The lowest BCUT2D eigenvalue weighted by Crippen LogP contribution is -2.27. The highest BCUT2D eigenvalue weighted by Gasteiger charge is 2.36. The number of rotatable bonds is 4. The first-order valence-electron chi connectivity index (χ1n) is 8.55. The molecule has 5 nitrogen and oxygen atoms in total. The highest BCUT2D eigenvalue weighted by Crippen LogP contribution is 2.34. The van der Waals surface area contributed by atoms with Gasteiger partial charge in [-0.05, 0) is 43.2 Å². The molecule has 26 heavy (non-hydrogen) atoms. The number of aryl methyl sites for hydroxylation is 1. The van der Waals surface area contributed by atoms with Gasteiger partial charge in [-0.25, -0.2) is 4.39 Å². The van der Waals surface area contributed by atoms with Crippen molar-refractivity contribution in [3.05, 3.63) is 71.4 Å². The first-order valence-corrected chi connectivity index (χ1v) is 8.55. The van der Waals surface area contributed by atoms with Gasteiger partial charge in [0.05, 0.1) is 0 Å². The van der Waals surface area contributed by atoms with Gasteiger partial charge < -0.3 is 9.42 Å². The zero-order valence-corrected chi connectivity index (χ0v) is 14.4. The average molecular weight is 351 g/mol. The van der Waals surface area contributed by atoms with Crippen LogP contribution in [0.25, 0.3) is 11.4 Å². The minimum absolute atomic E-state index is 0.0815. The predicted molar refractivity (Wildman–Crippen MR) is 93.4 cm³/mol. The van der Waals surface area contributed by atoms with Crippen molar-refractivity contribution in [2.45, 2.75) is 32.4 Å². The molecule has 132 valence electrons. The number of carbonyl (C=O) groups is 1. The number of benzene rings is 2. The maximum atomic E-state index is 13.1. The number of likely N-dealkylation sites (tertiary alicyclic amines) is 1. The fourth-order valence-corrected chi connectivity index (χ4v) is 3.28. The minimum Gasteiger partial charge on any atom is -0.337 e. The molecule has 4 rings (SSSR count). The van der Waals surface area contributed by atoms with E-state index in [4.69, 9.17) is 4.52 Å². The zero-order valence-electron chi connectivity index (χ0n) is 14.4. The summed E-state index contributed by atoms with van der Waals surface area (Å²) in [6, 6.07) is 13.8. The Morgan fingerprint density at radius 2 is 2.04 bits per heavy atom. The molecule has 0 radical (unpaired) electrons. The van der Waals surface area contributed by atoms with Gasteiger partial charge in [0.15, 0.2) is 0 Å². The smallest absolute Gasteiger partial charge is 0.249 e. The second kappa shape index (κ2) is 6.71. The van der Waals surface area contributed by atoms with Crippen molar-refractivity contribution in [3.8, 4) is 11.4 Å². The van der Waals surface area contributed by atoms with Gasteiger partial charge in [0.1, 0.15) is 11.9 Å². The third-order valence-electron chi connectivity index (χ3n) is 4.59. The highest BCUT2D eigenvalue weighted by molar-refractivity contribution is 5.78. The normalized spacial score (nSPS) is 17.1. The third-order valence-corrected chi connectivity index (χ3v) is 4.59. The number of amides is 1. The van der Waals surface area contributed by atoms with Gasteiger partial charge in [-0.3, -0.25) is 4.79 Å². The lowest BCUT2D eigenvalue weighted by molar-refractivity contribution is -0.129. The summed E-state index contributed by atoms with van der Waals surface area (Å²) in [5.41, 5.74) is 2.90. The van der Waals surface area contributed by atoms with Gasteiger partial charge in [-0.2, -0.15) is 4.98 Å². The molecule has 6 heteroatoms. The summed E-state index contributed by atoms with van der Waals surface area (Å²) in [4.78, 5) is 18.6. The summed E-state index contributed by atoms with van der Waals surface area (Å²) in [6.07, 6.45) is 1.11. The number of hydrogen-bond donors (Lipinski definition) is 0. The maximum Gasteiger partial charge on any atom is 0.249 e. The van der Waals surface area contributed by atoms with Crippen LogP contribution in [-0.2, 0) is 11.3 Å². The van der Waals surface area contributed by atoms with Crippen molar-refractivity contribution >= 4 is 5.91 Å². The lowest BCUT2D eigenvalue weighted by atomic mass is 10.1. The van der Waals surface area contributed by atoms with Gasteiger partial charge in [0.2, 0.25) is 17.6 Å². The van der Waals surface area contributed by atoms with Gasteiger partial charge in [-0.1, -0.05) is 35.0 Å². The molecule has 0 spiro atoms. The molecule has 1 atom stereocenters. The Bertz CT molecular complexity index is 936. The number of hydrogen-bond acceptors (Lipinski definition) is 4. The molecule has 1 fully saturated rings. The lowest BCUT2D eigenvalue weighted by Gasteiger charge is -2.22. The number of carbonyl (C=O) groups excluding carboxylic acids is 1. The molecular formula is C20H18FN3O2. The van der Waals surface area contributed by atoms with E-state index in [-0.39, 0.29) is 17.8 Å². The standard InChI is InChI=1S/C20H18FN3O2/c1-13-3-2-4-14(11-13)12-24-17(9-10-18(24)25)20-22-19(23-26-20)15-5-7-16(21)8-6-15/h2-8,11,17H,9-10,12H2,1H3. The molecule has 2 aromatic carbocycles. The van der Waals surface area contributed by atoms with E-state index in [1.54, 1.807) is 17.0 Å². The monoisotopic (exact) mass is 351 g/mol. The molecule has 0 N–H and O–H groups in total. The van der Waals surface area contributed by atoms with E-state index in [1.165, 1.54) is 12.1 Å². The van der Waals surface area contributed by atoms with Crippen LogP contribution in [-0.4, -0.2) is 20.9 Å². The topological polar surface area (TPSA) is 59.2 Å². The molecule has 1 amide bonds. The van der Waals surface area contributed by atoms with E-state index in [1.807, 2.05) is 25.1 Å². The summed E-state index contributed by atoms with van der Waals surface area (Å²) in [5, 5.41) is 3.99. The minimum atomic E-state index is -0.316. The van der Waals surface area contributed by atoms with Crippen LogP contribution < -0.4 is 0 Å². The van der Waals surface area contributed by atoms with Gasteiger partial charge in [0.25, 0.3) is 0 Å². The molecule has 3 aromatic rings. The van der Waals surface area contributed by atoms with Crippen LogP contribution in [0.3, 0.4) is 0 Å².